The van der Waals surface area contributed by atoms with Gasteiger partial charge in [0.05, 0.1) is 16.6 Å². The van der Waals surface area contributed by atoms with Gasteiger partial charge in [0, 0.05) is 49.4 Å². The fraction of sp³-hybridized carbons (Fsp3) is 0.0556. The predicted octanol–water partition coefficient (Wildman–Crippen LogP) is 9.19. The van der Waals surface area contributed by atoms with Crippen LogP contribution in [0.4, 0.5) is 0 Å². The quantitative estimate of drug-likeness (QED) is 0.225. The summed E-state index contributed by atoms with van der Waals surface area (Å²) >= 11 is 0. The molecule has 0 bridgehead atoms. The first-order chi connectivity index (χ1) is 20.2. The SMILES string of the molecule is Cc1cc(C)nc(-n2c3ccccc3c3c2c2oc4ccccc4c2c2c4ccccc4n(-c4ccccc4)c23)n1. The van der Waals surface area contributed by atoms with Crippen LogP contribution in [0.15, 0.2) is 114 Å². The molecule has 9 rings (SSSR count). The van der Waals surface area contributed by atoms with Gasteiger partial charge < -0.3 is 8.98 Å². The normalized spacial score (nSPS) is 12.1. The fourth-order valence-corrected chi connectivity index (χ4v) is 6.75. The lowest BCUT2D eigenvalue weighted by molar-refractivity contribution is 0.671. The monoisotopic (exact) mass is 528 g/mol. The highest BCUT2D eigenvalue weighted by molar-refractivity contribution is 6.39. The van der Waals surface area contributed by atoms with Crippen molar-refractivity contribution >= 4 is 65.6 Å². The number of hydrogen-bond donors (Lipinski definition) is 0. The summed E-state index contributed by atoms with van der Waals surface area (Å²) in [7, 11) is 0. The van der Waals surface area contributed by atoms with Crippen LogP contribution in [0, 0.1) is 13.8 Å². The van der Waals surface area contributed by atoms with E-state index in [9.17, 15) is 0 Å². The summed E-state index contributed by atoms with van der Waals surface area (Å²) in [6.45, 7) is 4.04. The summed E-state index contributed by atoms with van der Waals surface area (Å²) in [6, 6.07) is 38.3. The van der Waals surface area contributed by atoms with Crippen molar-refractivity contribution in [2.24, 2.45) is 0 Å². The van der Waals surface area contributed by atoms with Gasteiger partial charge in [0.15, 0.2) is 5.58 Å². The maximum atomic E-state index is 6.80. The molecule has 194 valence electrons. The van der Waals surface area contributed by atoms with Crippen molar-refractivity contribution in [2.45, 2.75) is 13.8 Å². The summed E-state index contributed by atoms with van der Waals surface area (Å²) < 4.78 is 11.4. The summed E-state index contributed by atoms with van der Waals surface area (Å²) in [5.41, 5.74) is 9.04. The molecule has 9 aromatic rings. The molecule has 0 unspecified atom stereocenters. The van der Waals surface area contributed by atoms with Crippen LogP contribution >= 0.6 is 0 Å². The van der Waals surface area contributed by atoms with E-state index in [1.807, 2.05) is 26.0 Å². The zero-order valence-electron chi connectivity index (χ0n) is 22.6. The highest BCUT2D eigenvalue weighted by atomic mass is 16.3. The Bertz CT molecular complexity index is 2480. The summed E-state index contributed by atoms with van der Waals surface area (Å²) in [4.78, 5) is 9.89. The molecule has 41 heavy (non-hydrogen) atoms. The van der Waals surface area contributed by atoms with Crippen molar-refractivity contribution in [1.29, 1.82) is 0 Å². The number of fused-ring (bicyclic) bond motifs is 12. The zero-order valence-corrected chi connectivity index (χ0v) is 22.6. The van der Waals surface area contributed by atoms with E-state index in [1.165, 1.54) is 10.8 Å². The van der Waals surface area contributed by atoms with E-state index in [0.717, 1.165) is 71.9 Å². The summed E-state index contributed by atoms with van der Waals surface area (Å²) in [5.74, 6) is 0.650. The molecule has 0 aliphatic carbocycles. The average molecular weight is 529 g/mol. The number of hydrogen-bond acceptors (Lipinski definition) is 3. The third-order valence-corrected chi connectivity index (χ3v) is 8.23. The van der Waals surface area contributed by atoms with Crippen molar-refractivity contribution in [1.82, 2.24) is 19.1 Å². The van der Waals surface area contributed by atoms with Gasteiger partial charge in [0.25, 0.3) is 0 Å². The number of furan rings is 1. The molecule has 0 spiro atoms. The Morgan fingerprint density at radius 1 is 0.537 bits per heavy atom. The van der Waals surface area contributed by atoms with Crippen LogP contribution in [0.2, 0.25) is 0 Å². The topological polar surface area (TPSA) is 48.8 Å². The van der Waals surface area contributed by atoms with Crippen LogP contribution in [0.3, 0.4) is 0 Å². The second-order valence-corrected chi connectivity index (χ2v) is 10.7. The maximum absolute atomic E-state index is 6.80. The van der Waals surface area contributed by atoms with Gasteiger partial charge in [0.1, 0.15) is 11.1 Å². The van der Waals surface area contributed by atoms with Crippen molar-refractivity contribution < 1.29 is 4.42 Å². The lowest BCUT2D eigenvalue weighted by atomic mass is 10.0. The molecule has 0 fully saturated rings. The molecule has 5 heteroatoms. The predicted molar refractivity (Wildman–Crippen MR) is 167 cm³/mol. The van der Waals surface area contributed by atoms with Crippen LogP contribution < -0.4 is 0 Å². The van der Waals surface area contributed by atoms with Crippen molar-refractivity contribution in [3.8, 4) is 11.6 Å². The summed E-state index contributed by atoms with van der Waals surface area (Å²) in [5, 5.41) is 6.87. The average Bonchev–Trinajstić information content (AvgIpc) is 3.65. The van der Waals surface area contributed by atoms with Gasteiger partial charge >= 0.3 is 0 Å². The highest BCUT2D eigenvalue weighted by Crippen LogP contribution is 2.49. The fourth-order valence-electron chi connectivity index (χ4n) is 6.75. The van der Waals surface area contributed by atoms with Crippen molar-refractivity contribution in [2.75, 3.05) is 0 Å². The Balaban J connectivity index is 1.68. The number of nitrogens with zero attached hydrogens (tertiary/aromatic N) is 4. The van der Waals surface area contributed by atoms with Crippen LogP contribution in [0.25, 0.3) is 77.2 Å². The second-order valence-electron chi connectivity index (χ2n) is 10.7. The van der Waals surface area contributed by atoms with Gasteiger partial charge in [-0.25, -0.2) is 9.97 Å². The first-order valence-corrected chi connectivity index (χ1v) is 13.9. The number of aryl methyl sites for hydroxylation is 2. The van der Waals surface area contributed by atoms with E-state index in [-0.39, 0.29) is 0 Å². The zero-order chi connectivity index (χ0) is 27.2. The molecule has 0 amide bonds. The number of rotatable bonds is 2. The number of para-hydroxylation sites is 4. The molecule has 5 aromatic carbocycles. The Kier molecular flexibility index (Phi) is 4.40. The molecule has 4 aromatic heterocycles. The van der Waals surface area contributed by atoms with Crippen LogP contribution in [-0.2, 0) is 0 Å². The Morgan fingerprint density at radius 2 is 1.12 bits per heavy atom. The first-order valence-electron chi connectivity index (χ1n) is 13.9. The standard InChI is InChI=1S/C36H24N4O/c1-21-20-22(2)38-36(37-21)40-28-18-10-7-15-25(28)32-33-30(31-26-16-8-11-19-29(26)41-35(31)34(32)40)24-14-6-9-17-27(24)39(33)23-12-4-3-5-13-23/h3-20H,1-2H3. The molecule has 5 nitrogen and oxygen atoms in total. The van der Waals surface area contributed by atoms with E-state index in [2.05, 4.69) is 106 Å². The van der Waals surface area contributed by atoms with Gasteiger partial charge in [-0.1, -0.05) is 72.8 Å². The van der Waals surface area contributed by atoms with Crippen LogP contribution in [0.1, 0.15) is 11.4 Å². The van der Waals surface area contributed by atoms with Crippen molar-refractivity contribution in [3.05, 3.63) is 121 Å². The number of aromatic nitrogens is 4. The van der Waals surface area contributed by atoms with Gasteiger partial charge in [-0.05, 0) is 50.2 Å². The molecule has 0 N–H and O–H groups in total. The summed E-state index contributed by atoms with van der Waals surface area (Å²) in [6.07, 6.45) is 0. The lowest BCUT2D eigenvalue weighted by Gasteiger charge is -2.10. The minimum Gasteiger partial charge on any atom is -0.454 e. The molecule has 0 aliphatic rings. The molecule has 0 saturated carbocycles. The molecular weight excluding hydrogens is 504 g/mol. The maximum Gasteiger partial charge on any atom is 0.235 e. The lowest BCUT2D eigenvalue weighted by Crippen LogP contribution is -2.04. The molecule has 0 saturated heterocycles. The minimum absolute atomic E-state index is 0.650. The third-order valence-electron chi connectivity index (χ3n) is 8.23. The van der Waals surface area contributed by atoms with Crippen LogP contribution in [-0.4, -0.2) is 19.1 Å². The highest BCUT2D eigenvalue weighted by Gasteiger charge is 2.28. The third kappa shape index (κ3) is 2.95. The molecule has 0 aliphatic heterocycles. The number of benzene rings is 5. The smallest absolute Gasteiger partial charge is 0.235 e. The molecule has 4 heterocycles. The van der Waals surface area contributed by atoms with Gasteiger partial charge in [0.2, 0.25) is 5.95 Å². The van der Waals surface area contributed by atoms with Crippen LogP contribution in [0.5, 0.6) is 0 Å². The van der Waals surface area contributed by atoms with Gasteiger partial charge in [-0.15, -0.1) is 0 Å². The minimum atomic E-state index is 0.650. The second kappa shape index (κ2) is 8.05. The molecule has 0 radical (unpaired) electrons. The van der Waals surface area contributed by atoms with E-state index >= 15 is 0 Å². The first kappa shape index (κ1) is 22.4. The largest absolute Gasteiger partial charge is 0.454 e. The Labute approximate surface area is 234 Å². The van der Waals surface area contributed by atoms with Crippen molar-refractivity contribution in [3.63, 3.8) is 0 Å². The molecule has 0 atom stereocenters. The Hall–Kier alpha value is -5.42. The van der Waals surface area contributed by atoms with E-state index in [0.29, 0.717) is 5.95 Å². The van der Waals surface area contributed by atoms with E-state index in [1.54, 1.807) is 0 Å². The molecular formula is C36H24N4O. The van der Waals surface area contributed by atoms with E-state index < -0.39 is 0 Å². The Morgan fingerprint density at radius 3 is 1.85 bits per heavy atom. The van der Waals surface area contributed by atoms with Gasteiger partial charge in [-0.3, -0.25) is 4.57 Å². The van der Waals surface area contributed by atoms with E-state index in [4.69, 9.17) is 14.4 Å². The van der Waals surface area contributed by atoms with Gasteiger partial charge in [-0.2, -0.15) is 0 Å².